The van der Waals surface area contributed by atoms with Crippen molar-refractivity contribution in [1.29, 1.82) is 0 Å². The highest BCUT2D eigenvalue weighted by Gasteiger charge is 2.50. The summed E-state index contributed by atoms with van der Waals surface area (Å²) in [6.07, 6.45) is -0.659. The lowest BCUT2D eigenvalue weighted by atomic mass is 9.72. The predicted octanol–water partition coefficient (Wildman–Crippen LogP) is 2.34. The van der Waals surface area contributed by atoms with Crippen LogP contribution in [0.3, 0.4) is 0 Å². The van der Waals surface area contributed by atoms with E-state index in [-0.39, 0.29) is 34.4 Å². The normalized spacial score (nSPS) is 29.1. The Labute approximate surface area is 277 Å². The van der Waals surface area contributed by atoms with E-state index in [1.54, 1.807) is 6.92 Å². The first kappa shape index (κ1) is 34.0. The van der Waals surface area contributed by atoms with Gasteiger partial charge in [-0.2, -0.15) is 0 Å². The summed E-state index contributed by atoms with van der Waals surface area (Å²) >= 11 is 0. The first-order chi connectivity index (χ1) is 22.9. The van der Waals surface area contributed by atoms with Crippen molar-refractivity contribution >= 4 is 23.2 Å². The van der Waals surface area contributed by atoms with Gasteiger partial charge in [0.25, 0.3) is 0 Å². The summed E-state index contributed by atoms with van der Waals surface area (Å²) in [7, 11) is 1.34. The fourth-order valence-electron chi connectivity index (χ4n) is 7.53. The van der Waals surface area contributed by atoms with Gasteiger partial charge in [0, 0.05) is 49.0 Å². The Balaban J connectivity index is 1.40. The van der Waals surface area contributed by atoms with Crippen LogP contribution in [-0.2, 0) is 20.7 Å². The molecule has 0 radical (unpaired) electrons. The maximum atomic E-state index is 13.9. The van der Waals surface area contributed by atoms with E-state index in [0.717, 1.165) is 44.6 Å². The molecule has 2 heterocycles. The molecule has 0 spiro atoms. The fraction of sp³-hybridized carbons (Fsp3) is 0.543. The minimum Gasteiger partial charge on any atom is -0.507 e. The molecular weight excluding hydrogens is 624 g/mol. The van der Waals surface area contributed by atoms with Gasteiger partial charge in [0.2, 0.25) is 5.78 Å². The number of likely N-dealkylation sites (tertiary alicyclic amines) is 1. The van der Waals surface area contributed by atoms with Gasteiger partial charge in [-0.05, 0) is 32.8 Å². The molecule has 6 atom stereocenters. The van der Waals surface area contributed by atoms with E-state index in [1.807, 2.05) is 6.92 Å². The average Bonchev–Trinajstić information content (AvgIpc) is 3.36. The lowest BCUT2D eigenvalue weighted by molar-refractivity contribution is -0.247. The summed E-state index contributed by atoms with van der Waals surface area (Å²) < 4.78 is 17.7. The Morgan fingerprint density at radius 1 is 1.06 bits per heavy atom. The van der Waals surface area contributed by atoms with Crippen LogP contribution in [-0.4, -0.2) is 111 Å². The lowest BCUT2D eigenvalue weighted by Crippen LogP contribution is -2.50. The monoisotopic (exact) mass is 666 g/mol. The molecule has 258 valence electrons. The van der Waals surface area contributed by atoms with Crippen molar-refractivity contribution in [2.24, 2.45) is 4.99 Å². The SMILES string of the molecule is COc1cccc2c1C(=O)c1c(O)c3c(c(O)c1C2=O)CC(O)(C(=O)CO)C[C@@H]3OC1C[C@H](N=C(C)N2CCCCCC2)[C@H](O)C(C)O1. The van der Waals surface area contributed by atoms with E-state index in [9.17, 15) is 39.9 Å². The number of nitrogens with zero attached hydrogens (tertiary/aromatic N) is 2. The van der Waals surface area contributed by atoms with Crippen molar-refractivity contribution in [1.82, 2.24) is 4.90 Å². The standard InChI is InChI=1S/C35H42N2O11/c1-17-30(40)21(36-18(2)37-11-6-4-5-7-12-37)13-25(47-17)48-23-15-35(45,24(39)16-38)14-20-27(23)34(44)29-28(32(20)42)31(41)19-9-8-10-22(46-3)26(19)33(29)43/h8-10,17,21,23,25,30,38,40,42,44-45H,4-7,11-16H2,1-3H3/t17?,21-,23-,25?,30+,35?/m0/s1. The number of aromatic hydroxyl groups is 2. The highest BCUT2D eigenvalue weighted by Crippen LogP contribution is 2.52. The maximum absolute atomic E-state index is 13.9. The molecule has 6 rings (SSSR count). The van der Waals surface area contributed by atoms with Gasteiger partial charge in [0.05, 0.1) is 47.9 Å². The number of amidine groups is 1. The van der Waals surface area contributed by atoms with Gasteiger partial charge in [-0.25, -0.2) is 0 Å². The van der Waals surface area contributed by atoms with E-state index >= 15 is 0 Å². The van der Waals surface area contributed by atoms with E-state index in [0.29, 0.717) is 0 Å². The first-order valence-corrected chi connectivity index (χ1v) is 16.4. The number of aliphatic hydroxyl groups is 3. The van der Waals surface area contributed by atoms with Crippen molar-refractivity contribution in [2.75, 3.05) is 26.8 Å². The van der Waals surface area contributed by atoms with Crippen molar-refractivity contribution in [3.63, 3.8) is 0 Å². The molecule has 2 aliphatic carbocycles. The number of hydrogen-bond donors (Lipinski definition) is 5. The molecule has 2 aliphatic heterocycles. The van der Waals surface area contributed by atoms with Crippen LogP contribution >= 0.6 is 0 Å². The van der Waals surface area contributed by atoms with E-state index < -0.39 is 95.7 Å². The van der Waals surface area contributed by atoms with E-state index in [4.69, 9.17) is 19.2 Å². The molecular formula is C35H42N2O11. The Morgan fingerprint density at radius 2 is 1.75 bits per heavy atom. The second-order valence-electron chi connectivity index (χ2n) is 13.1. The van der Waals surface area contributed by atoms with Crippen molar-refractivity contribution in [3.8, 4) is 17.2 Å². The molecule has 2 aromatic carbocycles. The van der Waals surface area contributed by atoms with Crippen LogP contribution in [0.1, 0.15) is 101 Å². The summed E-state index contributed by atoms with van der Waals surface area (Å²) in [5, 5.41) is 55.6. The number of methoxy groups -OCH3 is 1. The van der Waals surface area contributed by atoms with E-state index in [1.165, 1.54) is 25.3 Å². The zero-order valence-electron chi connectivity index (χ0n) is 27.3. The molecule has 3 unspecified atom stereocenters. The lowest BCUT2D eigenvalue weighted by Gasteiger charge is -2.42. The number of carbonyl (C=O) groups is 3. The third-order valence-electron chi connectivity index (χ3n) is 10.1. The summed E-state index contributed by atoms with van der Waals surface area (Å²) in [5.74, 6) is -2.92. The molecule has 0 amide bonds. The second kappa shape index (κ2) is 13.2. The number of phenols is 2. The molecule has 13 nitrogen and oxygen atoms in total. The highest BCUT2D eigenvalue weighted by molar-refractivity contribution is 6.31. The van der Waals surface area contributed by atoms with E-state index in [2.05, 4.69) is 4.90 Å². The average molecular weight is 667 g/mol. The Morgan fingerprint density at radius 3 is 2.42 bits per heavy atom. The van der Waals surface area contributed by atoms with Crippen LogP contribution in [0.4, 0.5) is 0 Å². The summed E-state index contributed by atoms with van der Waals surface area (Å²) in [6.45, 7) is 4.29. The second-order valence-corrected chi connectivity index (χ2v) is 13.1. The minimum absolute atomic E-state index is 0.0444. The van der Waals surface area contributed by atoms with Gasteiger partial charge in [-0.3, -0.25) is 19.4 Å². The zero-order chi connectivity index (χ0) is 34.5. The van der Waals surface area contributed by atoms with Gasteiger partial charge in [-0.1, -0.05) is 25.0 Å². The van der Waals surface area contributed by atoms with Crippen molar-refractivity contribution < 1.29 is 54.1 Å². The number of ketones is 3. The van der Waals surface area contributed by atoms with Crippen molar-refractivity contribution in [2.45, 2.75) is 95.0 Å². The molecule has 48 heavy (non-hydrogen) atoms. The third-order valence-corrected chi connectivity index (χ3v) is 10.1. The molecule has 2 saturated heterocycles. The molecule has 0 bridgehead atoms. The molecule has 2 aromatic rings. The molecule has 13 heteroatoms. The Bertz CT molecular complexity index is 1660. The van der Waals surface area contributed by atoms with Crippen LogP contribution in [0.25, 0.3) is 0 Å². The van der Waals surface area contributed by atoms with Crippen molar-refractivity contribution in [3.05, 3.63) is 51.6 Å². The van der Waals surface area contributed by atoms with Gasteiger partial charge in [0.1, 0.15) is 35.6 Å². The summed E-state index contributed by atoms with van der Waals surface area (Å²) in [4.78, 5) is 47.6. The van der Waals surface area contributed by atoms with Gasteiger partial charge in [0.15, 0.2) is 17.9 Å². The molecule has 2 fully saturated rings. The highest BCUT2D eigenvalue weighted by atomic mass is 16.7. The van der Waals surface area contributed by atoms with Crippen LogP contribution in [0.5, 0.6) is 17.2 Å². The number of aliphatic imine (C=N–C) groups is 1. The molecule has 5 N–H and O–H groups in total. The summed E-state index contributed by atoms with van der Waals surface area (Å²) in [6, 6.07) is 3.79. The Kier molecular flexibility index (Phi) is 9.35. The van der Waals surface area contributed by atoms with Crippen LogP contribution in [0.15, 0.2) is 23.2 Å². The number of aliphatic hydroxyl groups excluding tert-OH is 2. The molecule has 4 aliphatic rings. The van der Waals surface area contributed by atoms with Crippen LogP contribution in [0, 0.1) is 0 Å². The summed E-state index contributed by atoms with van der Waals surface area (Å²) in [5.41, 5.74) is -3.57. The number of ether oxygens (including phenoxy) is 3. The maximum Gasteiger partial charge on any atom is 0.202 e. The molecule has 0 aromatic heterocycles. The number of benzene rings is 2. The largest absolute Gasteiger partial charge is 0.507 e. The number of fused-ring (bicyclic) bond motifs is 3. The number of phenolic OH excluding ortho intramolecular Hbond substituents is 2. The van der Waals surface area contributed by atoms with Gasteiger partial charge >= 0.3 is 0 Å². The first-order valence-electron chi connectivity index (χ1n) is 16.4. The van der Waals surface area contributed by atoms with Gasteiger partial charge < -0.3 is 44.6 Å². The number of rotatable bonds is 6. The predicted molar refractivity (Wildman–Crippen MR) is 171 cm³/mol. The van der Waals surface area contributed by atoms with Gasteiger partial charge in [-0.15, -0.1) is 0 Å². The number of hydrogen-bond acceptors (Lipinski definition) is 12. The number of Topliss-reactive ketones (excluding diaryl/α,β-unsaturated/α-hetero) is 1. The molecule has 0 saturated carbocycles. The van der Waals surface area contributed by atoms with Crippen LogP contribution < -0.4 is 4.74 Å². The van der Waals surface area contributed by atoms with Crippen LogP contribution in [0.2, 0.25) is 0 Å². The fourth-order valence-corrected chi connectivity index (χ4v) is 7.53. The quantitative estimate of drug-likeness (QED) is 0.147. The third kappa shape index (κ3) is 5.77. The smallest absolute Gasteiger partial charge is 0.202 e. The minimum atomic E-state index is -2.26. The number of carbonyl (C=O) groups excluding carboxylic acids is 3. The topological polar surface area (TPSA) is 196 Å². The zero-order valence-corrected chi connectivity index (χ0v) is 27.3. The Hall–Kier alpha value is -3.88.